The van der Waals surface area contributed by atoms with Crippen LogP contribution in [0.3, 0.4) is 0 Å². The molecule has 3 aliphatic rings. The number of hydrogen-bond donors (Lipinski definition) is 5. The molecular formula is C22H27BN4O9. The van der Waals surface area contributed by atoms with Crippen molar-refractivity contribution in [2.75, 3.05) is 26.2 Å². The van der Waals surface area contributed by atoms with Crippen molar-refractivity contribution in [3.63, 3.8) is 0 Å². The van der Waals surface area contributed by atoms with E-state index >= 15 is 0 Å². The Balaban J connectivity index is 1.49. The molecule has 2 atom stereocenters. The van der Waals surface area contributed by atoms with Gasteiger partial charge in [0.2, 0.25) is 5.91 Å². The van der Waals surface area contributed by atoms with Crippen LogP contribution < -0.4 is 15.3 Å². The van der Waals surface area contributed by atoms with E-state index in [0.717, 1.165) is 4.90 Å². The van der Waals surface area contributed by atoms with Crippen LogP contribution >= 0.6 is 0 Å². The van der Waals surface area contributed by atoms with Gasteiger partial charge in [0.25, 0.3) is 0 Å². The number of carbonyl (C=O) groups is 5. The molecule has 192 valence electrons. The number of urea groups is 1. The highest BCUT2D eigenvalue weighted by atomic mass is 16.5. The largest absolute Gasteiger partial charge is 0.547 e. The maximum atomic E-state index is 13.3. The first kappa shape index (κ1) is 25.4. The van der Waals surface area contributed by atoms with E-state index in [1.807, 2.05) is 0 Å². The summed E-state index contributed by atoms with van der Waals surface area (Å²) in [6.45, 7) is 1.75. The lowest BCUT2D eigenvalue weighted by Crippen LogP contribution is -2.63. The molecule has 4 rings (SSSR count). The molecule has 14 heteroatoms. The average molecular weight is 502 g/mol. The molecule has 13 nitrogen and oxygen atoms in total. The van der Waals surface area contributed by atoms with E-state index < -0.39 is 60.8 Å². The van der Waals surface area contributed by atoms with Gasteiger partial charge < -0.3 is 35.4 Å². The van der Waals surface area contributed by atoms with E-state index in [-0.39, 0.29) is 30.8 Å². The molecule has 0 aromatic heterocycles. The van der Waals surface area contributed by atoms with Crippen molar-refractivity contribution in [3.8, 4) is 5.75 Å². The summed E-state index contributed by atoms with van der Waals surface area (Å²) in [5.41, 5.74) is -0.610. The molecule has 1 saturated heterocycles. The SMILES string of the molecule is CCN1CCN(C(=O)N[C@@H](C(=O)N[C@H]2Cc3cccc(C(=O)O)c3OB2O)C2(CO)CC2)C(=O)C1=O. The third-order valence-electron chi connectivity index (χ3n) is 6.96. The number of carboxylic acids is 1. The summed E-state index contributed by atoms with van der Waals surface area (Å²) in [5, 5.41) is 34.8. The Hall–Kier alpha value is -3.65. The first-order chi connectivity index (χ1) is 17.1. The molecule has 36 heavy (non-hydrogen) atoms. The number of carboxylic acid groups (broad SMARTS) is 1. The fourth-order valence-electron chi connectivity index (χ4n) is 4.55. The predicted octanol–water partition coefficient (Wildman–Crippen LogP) is -1.63. The Bertz CT molecular complexity index is 1110. The summed E-state index contributed by atoms with van der Waals surface area (Å²) < 4.78 is 5.40. The topological polar surface area (TPSA) is 186 Å². The Labute approximate surface area is 206 Å². The lowest BCUT2D eigenvalue weighted by Gasteiger charge is -2.35. The molecular weight excluding hydrogens is 475 g/mol. The van der Waals surface area contributed by atoms with Crippen LogP contribution in [0.1, 0.15) is 35.7 Å². The van der Waals surface area contributed by atoms with Crippen LogP contribution in [-0.2, 0) is 20.8 Å². The van der Waals surface area contributed by atoms with Crippen molar-refractivity contribution in [2.24, 2.45) is 5.41 Å². The lowest BCUT2D eigenvalue weighted by atomic mass is 9.72. The minimum Gasteiger partial charge on any atom is -0.534 e. The number of hydrogen-bond acceptors (Lipinski definition) is 8. The van der Waals surface area contributed by atoms with Gasteiger partial charge in [0, 0.05) is 25.0 Å². The molecule has 5 N–H and O–H groups in total. The summed E-state index contributed by atoms with van der Waals surface area (Å²) in [4.78, 5) is 64.3. The summed E-state index contributed by atoms with van der Waals surface area (Å²) in [5.74, 6) is -4.72. The fourth-order valence-corrected chi connectivity index (χ4v) is 4.55. The number of aliphatic hydroxyl groups excluding tert-OH is 1. The number of fused-ring (bicyclic) bond motifs is 1. The van der Waals surface area contributed by atoms with Crippen LogP contribution in [-0.4, -0.2) is 100 Å². The summed E-state index contributed by atoms with van der Waals surface area (Å²) in [6, 6.07) is 2.29. The maximum absolute atomic E-state index is 13.3. The molecule has 0 unspecified atom stereocenters. The predicted molar refractivity (Wildman–Crippen MR) is 123 cm³/mol. The molecule has 1 aromatic carbocycles. The number of imide groups is 1. The van der Waals surface area contributed by atoms with Gasteiger partial charge in [0.15, 0.2) is 0 Å². The van der Waals surface area contributed by atoms with Gasteiger partial charge in [-0.05, 0) is 37.8 Å². The number of carbonyl (C=O) groups excluding carboxylic acids is 4. The molecule has 2 heterocycles. The minimum absolute atomic E-state index is 0.0104. The van der Waals surface area contributed by atoms with Gasteiger partial charge in [0.05, 0.1) is 18.1 Å². The quantitative estimate of drug-likeness (QED) is 0.216. The van der Waals surface area contributed by atoms with E-state index in [4.69, 9.17) is 4.65 Å². The summed E-state index contributed by atoms with van der Waals surface area (Å²) >= 11 is 0. The number of piperazine rings is 1. The monoisotopic (exact) mass is 502 g/mol. The summed E-state index contributed by atoms with van der Waals surface area (Å²) in [7, 11) is -1.57. The number of aliphatic hydroxyl groups is 1. The Kier molecular flexibility index (Phi) is 6.91. The normalized spacial score (nSPS) is 21.3. The van der Waals surface area contributed by atoms with Crippen LogP contribution in [0.2, 0.25) is 0 Å². The minimum atomic E-state index is -1.57. The van der Waals surface area contributed by atoms with Gasteiger partial charge in [-0.3, -0.25) is 19.3 Å². The second-order valence-corrected chi connectivity index (χ2v) is 9.17. The van der Waals surface area contributed by atoms with Gasteiger partial charge in [-0.1, -0.05) is 12.1 Å². The zero-order valence-corrected chi connectivity index (χ0v) is 19.6. The zero-order chi connectivity index (χ0) is 26.2. The van der Waals surface area contributed by atoms with Crippen molar-refractivity contribution in [2.45, 2.75) is 38.2 Å². The highest BCUT2D eigenvalue weighted by Gasteiger charge is 2.54. The van der Waals surface area contributed by atoms with Gasteiger partial charge in [-0.25, -0.2) is 9.59 Å². The first-order valence-electron chi connectivity index (χ1n) is 11.6. The van der Waals surface area contributed by atoms with E-state index in [9.17, 15) is 39.2 Å². The molecule has 0 spiro atoms. The number of nitrogens with zero attached hydrogens (tertiary/aromatic N) is 2. The van der Waals surface area contributed by atoms with E-state index in [1.54, 1.807) is 13.0 Å². The van der Waals surface area contributed by atoms with Crippen LogP contribution in [0.25, 0.3) is 0 Å². The number of para-hydroxylation sites is 1. The first-order valence-corrected chi connectivity index (χ1v) is 11.6. The Morgan fingerprint density at radius 2 is 1.94 bits per heavy atom. The molecule has 0 radical (unpaired) electrons. The van der Waals surface area contributed by atoms with Crippen molar-refractivity contribution < 1.29 is 43.9 Å². The zero-order valence-electron chi connectivity index (χ0n) is 19.6. The lowest BCUT2D eigenvalue weighted by molar-refractivity contribution is -0.153. The molecule has 1 saturated carbocycles. The number of nitrogens with one attached hydrogen (secondary N) is 2. The van der Waals surface area contributed by atoms with Crippen molar-refractivity contribution in [1.29, 1.82) is 0 Å². The molecule has 1 aliphatic carbocycles. The third-order valence-corrected chi connectivity index (χ3v) is 6.96. The van der Waals surface area contributed by atoms with Crippen LogP contribution in [0.5, 0.6) is 5.75 Å². The van der Waals surface area contributed by atoms with E-state index in [1.165, 1.54) is 17.0 Å². The number of benzene rings is 1. The molecule has 0 bridgehead atoms. The van der Waals surface area contributed by atoms with Gasteiger partial charge in [0.1, 0.15) is 11.8 Å². The maximum Gasteiger partial charge on any atom is 0.547 e. The Morgan fingerprint density at radius 3 is 2.56 bits per heavy atom. The number of rotatable bonds is 7. The number of amides is 5. The molecule has 1 aromatic rings. The van der Waals surface area contributed by atoms with Crippen molar-refractivity contribution in [3.05, 3.63) is 29.3 Å². The van der Waals surface area contributed by atoms with Gasteiger partial charge in [-0.2, -0.15) is 0 Å². The molecule has 5 amide bonds. The highest BCUT2D eigenvalue weighted by Crippen LogP contribution is 2.48. The van der Waals surface area contributed by atoms with E-state index in [2.05, 4.69) is 10.6 Å². The highest BCUT2D eigenvalue weighted by molar-refractivity contribution is 6.47. The second kappa shape index (κ2) is 9.78. The molecule has 2 aliphatic heterocycles. The van der Waals surface area contributed by atoms with Crippen molar-refractivity contribution in [1.82, 2.24) is 20.4 Å². The van der Waals surface area contributed by atoms with Gasteiger partial charge >= 0.3 is 30.9 Å². The third kappa shape index (κ3) is 4.61. The van der Waals surface area contributed by atoms with Crippen LogP contribution in [0.4, 0.5) is 4.79 Å². The Morgan fingerprint density at radius 1 is 1.22 bits per heavy atom. The van der Waals surface area contributed by atoms with E-state index in [0.29, 0.717) is 24.9 Å². The molecule has 2 fully saturated rings. The average Bonchev–Trinajstić information content (AvgIpc) is 3.65. The summed E-state index contributed by atoms with van der Waals surface area (Å²) in [6.07, 6.45) is 0.932. The van der Waals surface area contributed by atoms with Crippen LogP contribution in [0.15, 0.2) is 18.2 Å². The van der Waals surface area contributed by atoms with Crippen LogP contribution in [0, 0.1) is 5.41 Å². The van der Waals surface area contributed by atoms with Gasteiger partial charge in [-0.15, -0.1) is 0 Å². The number of likely N-dealkylation sites (N-methyl/N-ethyl adjacent to an activating group) is 1. The number of aromatic carboxylic acids is 1. The smallest absolute Gasteiger partial charge is 0.534 e. The fraction of sp³-hybridized carbons (Fsp3) is 0.500. The second-order valence-electron chi connectivity index (χ2n) is 9.17. The standard InChI is InChI=1S/C22H27BN4O9/c1-2-26-8-9-27(19(31)18(26)30)21(34)25-16(22(11-28)6-7-22)17(29)24-14-10-12-4-3-5-13(20(32)33)15(12)36-23(14)35/h3-5,14,16,28,35H,2,6-11H2,1H3,(H,24,29)(H,25,34)(H,32,33)/t14-,16-/m0/s1. The van der Waals surface area contributed by atoms with Crippen molar-refractivity contribution >= 4 is 36.8 Å².